The molecule has 0 radical (unpaired) electrons. The molecule has 9 nitrogen and oxygen atoms in total. The van der Waals surface area contributed by atoms with Gasteiger partial charge in [-0.3, -0.25) is 14.7 Å². The number of likely N-dealkylation sites (N-methyl/N-ethyl adjacent to an activating group) is 1. The molecule has 2 fully saturated rings. The van der Waals surface area contributed by atoms with Crippen LogP contribution in [0.1, 0.15) is 17.5 Å². The molecule has 33 heavy (non-hydrogen) atoms. The lowest BCUT2D eigenvalue weighted by molar-refractivity contribution is -0.192. The van der Waals surface area contributed by atoms with Crippen molar-refractivity contribution in [2.24, 2.45) is 0 Å². The van der Waals surface area contributed by atoms with E-state index in [1.165, 1.54) is 0 Å². The predicted molar refractivity (Wildman–Crippen MR) is 112 cm³/mol. The topological polar surface area (TPSA) is 103 Å². The van der Waals surface area contributed by atoms with Crippen molar-refractivity contribution in [2.45, 2.75) is 31.6 Å². The van der Waals surface area contributed by atoms with Gasteiger partial charge >= 0.3 is 12.1 Å². The van der Waals surface area contributed by atoms with Gasteiger partial charge in [0.2, 0.25) is 11.9 Å². The number of alkyl halides is 3. The smallest absolute Gasteiger partial charge is 0.475 e. The second-order valence-electron chi connectivity index (χ2n) is 8.08. The second-order valence-corrected chi connectivity index (χ2v) is 8.08. The molecule has 1 N–H and O–H groups in total. The third-order valence-electron chi connectivity index (χ3n) is 5.69. The molecule has 1 spiro atoms. The summed E-state index contributed by atoms with van der Waals surface area (Å²) in [7, 11) is 1.90. The van der Waals surface area contributed by atoms with Crippen molar-refractivity contribution in [2.75, 3.05) is 38.1 Å². The van der Waals surface area contributed by atoms with Gasteiger partial charge in [0.15, 0.2) is 0 Å². The number of anilines is 1. The van der Waals surface area contributed by atoms with Crippen molar-refractivity contribution in [3.8, 4) is 0 Å². The Balaban J connectivity index is 0.000000383. The zero-order valence-corrected chi connectivity index (χ0v) is 18.3. The zero-order chi connectivity index (χ0) is 24.2. The van der Waals surface area contributed by atoms with Crippen LogP contribution >= 0.6 is 0 Å². The largest absolute Gasteiger partial charge is 0.490 e. The maximum atomic E-state index is 13.2. The fourth-order valence-corrected chi connectivity index (χ4v) is 3.97. The summed E-state index contributed by atoms with van der Waals surface area (Å²) in [6, 6.07) is 4.01. The quantitative estimate of drug-likeness (QED) is 0.730. The van der Waals surface area contributed by atoms with Gasteiger partial charge in [0.25, 0.3) is 0 Å². The molecular weight excluding hydrogens is 441 g/mol. The number of halogens is 3. The van der Waals surface area contributed by atoms with Crippen LogP contribution in [0.2, 0.25) is 0 Å². The predicted octanol–water partition coefficient (Wildman–Crippen LogP) is 1.74. The average Bonchev–Trinajstić information content (AvgIpc) is 3.22. The van der Waals surface area contributed by atoms with Crippen molar-refractivity contribution < 1.29 is 27.9 Å². The molecule has 2 aromatic heterocycles. The van der Waals surface area contributed by atoms with Gasteiger partial charge in [0, 0.05) is 64.6 Å². The Labute approximate surface area is 188 Å². The van der Waals surface area contributed by atoms with Gasteiger partial charge in [-0.2, -0.15) is 13.2 Å². The molecule has 0 aliphatic carbocycles. The highest BCUT2D eigenvalue weighted by Crippen LogP contribution is 2.35. The van der Waals surface area contributed by atoms with Gasteiger partial charge in [0.05, 0.1) is 0 Å². The molecule has 178 valence electrons. The minimum Gasteiger partial charge on any atom is -0.475 e. The van der Waals surface area contributed by atoms with E-state index >= 15 is 0 Å². The van der Waals surface area contributed by atoms with Gasteiger partial charge in [-0.15, -0.1) is 0 Å². The van der Waals surface area contributed by atoms with Gasteiger partial charge in [-0.1, -0.05) is 6.07 Å². The monoisotopic (exact) mass is 466 g/mol. The lowest BCUT2D eigenvalue weighted by atomic mass is 9.91. The third-order valence-corrected chi connectivity index (χ3v) is 5.69. The van der Waals surface area contributed by atoms with E-state index in [4.69, 9.17) is 9.90 Å². The van der Waals surface area contributed by atoms with E-state index in [1.807, 2.05) is 43.5 Å². The maximum Gasteiger partial charge on any atom is 0.490 e. The molecule has 2 aromatic rings. The average molecular weight is 466 g/mol. The normalized spacial score (nSPS) is 21.2. The van der Waals surface area contributed by atoms with Crippen LogP contribution in [0.25, 0.3) is 0 Å². The molecule has 4 rings (SSSR count). The Kier molecular flexibility index (Phi) is 7.15. The molecule has 1 unspecified atom stereocenters. The highest BCUT2D eigenvalue weighted by atomic mass is 19.4. The standard InChI is InChI=1S/C19H24N6O.C2HF3O2/c1-15-10-21-18(22-11-15)24-7-5-19(14-24)17(26)23(2)8-9-25(19)13-16-4-3-6-20-12-16;3-2(4,5)1(6)7/h3-4,6,10-12H,5,7-9,13-14H2,1-2H3;(H,6,7). The number of carbonyl (C=O) groups excluding carboxylic acids is 1. The van der Waals surface area contributed by atoms with Crippen LogP contribution in [0, 0.1) is 6.92 Å². The number of hydrogen-bond donors (Lipinski definition) is 1. The minimum absolute atomic E-state index is 0.197. The summed E-state index contributed by atoms with van der Waals surface area (Å²) in [6.07, 6.45) is 3.02. The maximum absolute atomic E-state index is 13.2. The Morgan fingerprint density at radius 2 is 1.85 bits per heavy atom. The number of carbonyl (C=O) groups is 2. The molecule has 1 atom stereocenters. The van der Waals surface area contributed by atoms with Crippen molar-refractivity contribution in [1.82, 2.24) is 24.8 Å². The molecule has 1 amide bonds. The molecule has 4 heterocycles. The number of pyridine rings is 1. The van der Waals surface area contributed by atoms with Crippen molar-refractivity contribution in [3.05, 3.63) is 48.0 Å². The van der Waals surface area contributed by atoms with Crippen molar-refractivity contribution in [3.63, 3.8) is 0 Å². The summed E-state index contributed by atoms with van der Waals surface area (Å²) in [5.41, 5.74) is 1.65. The Bertz CT molecular complexity index is 973. The number of nitrogens with zero attached hydrogens (tertiary/aromatic N) is 6. The molecule has 0 saturated carbocycles. The van der Waals surface area contributed by atoms with E-state index < -0.39 is 17.7 Å². The Morgan fingerprint density at radius 3 is 2.42 bits per heavy atom. The van der Waals surface area contributed by atoms with E-state index in [0.717, 1.165) is 43.7 Å². The number of amides is 1. The molecule has 2 saturated heterocycles. The van der Waals surface area contributed by atoms with Crippen LogP contribution in [0.3, 0.4) is 0 Å². The number of piperazine rings is 1. The van der Waals surface area contributed by atoms with E-state index in [9.17, 15) is 18.0 Å². The van der Waals surface area contributed by atoms with E-state index in [1.54, 1.807) is 6.20 Å². The van der Waals surface area contributed by atoms with E-state index in [-0.39, 0.29) is 5.91 Å². The van der Waals surface area contributed by atoms with Gasteiger partial charge in [0.1, 0.15) is 5.54 Å². The summed E-state index contributed by atoms with van der Waals surface area (Å²) in [4.78, 5) is 41.5. The molecule has 0 aromatic carbocycles. The van der Waals surface area contributed by atoms with E-state index in [0.29, 0.717) is 12.5 Å². The summed E-state index contributed by atoms with van der Waals surface area (Å²) >= 11 is 0. The van der Waals surface area contributed by atoms with Gasteiger partial charge < -0.3 is 14.9 Å². The van der Waals surface area contributed by atoms with Crippen LogP contribution in [0.15, 0.2) is 36.9 Å². The van der Waals surface area contributed by atoms with Crippen LogP contribution in [0.5, 0.6) is 0 Å². The van der Waals surface area contributed by atoms with Crippen LogP contribution in [0.4, 0.5) is 19.1 Å². The zero-order valence-electron chi connectivity index (χ0n) is 18.3. The number of aliphatic carboxylic acids is 1. The number of carboxylic acid groups (broad SMARTS) is 1. The highest BCUT2D eigenvalue weighted by molar-refractivity contribution is 5.88. The van der Waals surface area contributed by atoms with Crippen LogP contribution < -0.4 is 4.90 Å². The molecule has 2 aliphatic heterocycles. The van der Waals surface area contributed by atoms with Gasteiger partial charge in [-0.25, -0.2) is 14.8 Å². The summed E-state index contributed by atoms with van der Waals surface area (Å²) < 4.78 is 31.7. The summed E-state index contributed by atoms with van der Waals surface area (Å²) in [5, 5.41) is 7.12. The second kappa shape index (κ2) is 9.69. The summed E-state index contributed by atoms with van der Waals surface area (Å²) in [6.45, 7) is 5.73. The third kappa shape index (κ3) is 5.56. The minimum atomic E-state index is -5.08. The first-order chi connectivity index (χ1) is 15.5. The Morgan fingerprint density at radius 1 is 1.18 bits per heavy atom. The Hall–Kier alpha value is -3.28. The number of carboxylic acids is 1. The molecule has 2 aliphatic rings. The number of aromatic nitrogens is 3. The van der Waals surface area contributed by atoms with Crippen molar-refractivity contribution in [1.29, 1.82) is 0 Å². The highest BCUT2D eigenvalue weighted by Gasteiger charge is 2.52. The van der Waals surface area contributed by atoms with E-state index in [2.05, 4.69) is 30.8 Å². The van der Waals surface area contributed by atoms with Crippen molar-refractivity contribution >= 4 is 17.8 Å². The number of rotatable bonds is 3. The molecule has 0 bridgehead atoms. The lowest BCUT2D eigenvalue weighted by Gasteiger charge is -2.46. The summed E-state index contributed by atoms with van der Waals surface area (Å²) in [5.74, 6) is -1.86. The first kappa shape index (κ1) is 24.4. The van der Waals surface area contributed by atoms with Gasteiger partial charge in [-0.05, 0) is 30.5 Å². The number of aryl methyl sites for hydroxylation is 1. The fourth-order valence-electron chi connectivity index (χ4n) is 3.97. The van der Waals surface area contributed by atoms with Crippen LogP contribution in [-0.4, -0.2) is 86.7 Å². The molecular formula is C21H25F3N6O3. The number of hydrogen-bond acceptors (Lipinski definition) is 7. The molecule has 12 heteroatoms. The lowest BCUT2D eigenvalue weighted by Crippen LogP contribution is -2.65. The first-order valence-electron chi connectivity index (χ1n) is 10.3. The van der Waals surface area contributed by atoms with Crippen LogP contribution in [-0.2, 0) is 16.1 Å². The SMILES string of the molecule is Cc1cnc(N2CCC3(C2)C(=O)N(C)CCN3Cc2cccnc2)nc1.O=C(O)C(F)(F)F. The fraction of sp³-hybridized carbons (Fsp3) is 0.476. The first-order valence-corrected chi connectivity index (χ1v) is 10.3.